The van der Waals surface area contributed by atoms with Gasteiger partial charge in [-0.1, -0.05) is 109 Å². The predicted molar refractivity (Wildman–Crippen MR) is 147 cm³/mol. The van der Waals surface area contributed by atoms with Crippen LogP contribution in [0.4, 0.5) is 0 Å². The van der Waals surface area contributed by atoms with Crippen LogP contribution in [0.25, 0.3) is 64.6 Å². The first-order chi connectivity index (χ1) is 17.3. The molecule has 8 aromatic carbocycles. The third-order valence-corrected chi connectivity index (χ3v) is 8.23. The largest absolute Gasteiger partial charge is 0.359 e. The summed E-state index contributed by atoms with van der Waals surface area (Å²) in [7, 11) is 0. The molecule has 0 radical (unpaired) electrons. The van der Waals surface area contributed by atoms with E-state index in [1.165, 1.54) is 75.8 Å². The van der Waals surface area contributed by atoms with E-state index in [-0.39, 0.29) is 12.2 Å². The van der Waals surface area contributed by atoms with Gasteiger partial charge in [0.15, 0.2) is 0 Å². The van der Waals surface area contributed by atoms with Crippen molar-refractivity contribution in [2.24, 2.45) is 0 Å². The molecule has 0 saturated carbocycles. The Balaban J connectivity index is 1.25. The lowest BCUT2D eigenvalue weighted by Gasteiger charge is -2.14. The van der Waals surface area contributed by atoms with Crippen LogP contribution >= 0.6 is 0 Å². The van der Waals surface area contributed by atoms with Gasteiger partial charge in [-0.15, -0.1) is 0 Å². The standard InChI is InChI=1S/C34H20O/c1-3-19-7-9-23-13-17-27(25-15-11-21(5-1)29(19)31(23)25)33-34(35-33)28-18-14-24-10-8-20-4-2-6-22-12-16-26(28)32(24)30(20)22/h1-18,33-34H. The summed E-state index contributed by atoms with van der Waals surface area (Å²) in [6.07, 6.45) is 0.163. The number of benzene rings is 8. The Labute approximate surface area is 201 Å². The predicted octanol–water partition coefficient (Wildman–Crippen LogP) is 9.29. The van der Waals surface area contributed by atoms with Crippen LogP contribution in [-0.4, -0.2) is 0 Å². The van der Waals surface area contributed by atoms with Crippen LogP contribution in [0.5, 0.6) is 0 Å². The van der Waals surface area contributed by atoms with Crippen LogP contribution in [0.2, 0.25) is 0 Å². The van der Waals surface area contributed by atoms with Crippen molar-refractivity contribution in [2.75, 3.05) is 0 Å². The van der Waals surface area contributed by atoms with Crippen molar-refractivity contribution in [1.82, 2.24) is 0 Å². The third-order valence-electron chi connectivity index (χ3n) is 8.23. The van der Waals surface area contributed by atoms with E-state index in [0.717, 1.165) is 0 Å². The normalized spacial score (nSPS) is 18.2. The molecule has 1 heteroatoms. The molecule has 2 unspecified atom stereocenters. The van der Waals surface area contributed by atoms with Gasteiger partial charge < -0.3 is 4.74 Å². The van der Waals surface area contributed by atoms with Crippen LogP contribution < -0.4 is 0 Å². The van der Waals surface area contributed by atoms with Gasteiger partial charge in [-0.05, 0) is 75.8 Å². The Hall–Kier alpha value is -4.20. The van der Waals surface area contributed by atoms with E-state index in [2.05, 4.69) is 109 Å². The molecule has 0 N–H and O–H groups in total. The maximum Gasteiger partial charge on any atom is 0.114 e. The summed E-state index contributed by atoms with van der Waals surface area (Å²) in [6.45, 7) is 0. The average Bonchev–Trinajstić information content (AvgIpc) is 3.71. The summed E-state index contributed by atoms with van der Waals surface area (Å²) in [6, 6.07) is 40.4. The molecule has 8 aromatic rings. The molecule has 1 heterocycles. The highest BCUT2D eigenvalue weighted by Crippen LogP contribution is 2.55. The second kappa shape index (κ2) is 6.27. The molecular weight excluding hydrogens is 424 g/mol. The zero-order chi connectivity index (χ0) is 22.7. The number of hydrogen-bond donors (Lipinski definition) is 0. The Morgan fingerprint density at radius 2 is 0.686 bits per heavy atom. The fourth-order valence-corrected chi connectivity index (χ4v) is 6.60. The van der Waals surface area contributed by atoms with Crippen LogP contribution in [-0.2, 0) is 4.74 Å². The summed E-state index contributed by atoms with van der Waals surface area (Å²) < 4.78 is 6.47. The lowest BCUT2D eigenvalue weighted by Crippen LogP contribution is -1.92. The van der Waals surface area contributed by atoms with E-state index in [9.17, 15) is 0 Å². The van der Waals surface area contributed by atoms with Gasteiger partial charge >= 0.3 is 0 Å². The number of epoxide rings is 1. The molecule has 1 aliphatic rings. The van der Waals surface area contributed by atoms with Gasteiger partial charge in [-0.25, -0.2) is 0 Å². The summed E-state index contributed by atoms with van der Waals surface area (Å²) in [5, 5.41) is 15.9. The van der Waals surface area contributed by atoms with E-state index < -0.39 is 0 Å². The van der Waals surface area contributed by atoms with Crippen molar-refractivity contribution in [3.05, 3.63) is 120 Å². The SMILES string of the molecule is c1cc2ccc3ccc(C4OC4c4ccc5ccc6cccc7ccc4c5c67)c4ccc(c1)c2c34. The second-order valence-corrected chi connectivity index (χ2v) is 10.00. The van der Waals surface area contributed by atoms with Crippen molar-refractivity contribution >= 4 is 64.6 Å². The van der Waals surface area contributed by atoms with Crippen molar-refractivity contribution < 1.29 is 4.74 Å². The highest BCUT2D eigenvalue weighted by molar-refractivity contribution is 6.24. The van der Waals surface area contributed by atoms with E-state index in [4.69, 9.17) is 4.74 Å². The van der Waals surface area contributed by atoms with Crippen molar-refractivity contribution in [3.63, 3.8) is 0 Å². The molecule has 0 aromatic heterocycles. The maximum atomic E-state index is 6.47. The molecule has 1 fully saturated rings. The van der Waals surface area contributed by atoms with E-state index in [1.807, 2.05) is 0 Å². The molecule has 1 aliphatic heterocycles. The molecule has 0 aliphatic carbocycles. The van der Waals surface area contributed by atoms with Gasteiger partial charge in [0, 0.05) is 0 Å². The minimum atomic E-state index is 0.0815. The highest BCUT2D eigenvalue weighted by Gasteiger charge is 2.43. The van der Waals surface area contributed by atoms with Crippen molar-refractivity contribution in [2.45, 2.75) is 12.2 Å². The summed E-state index contributed by atoms with van der Waals surface area (Å²) in [4.78, 5) is 0. The Kier molecular flexibility index (Phi) is 3.25. The minimum Gasteiger partial charge on any atom is -0.359 e. The number of hydrogen-bond acceptors (Lipinski definition) is 1. The summed E-state index contributed by atoms with van der Waals surface area (Å²) in [5.74, 6) is 0. The van der Waals surface area contributed by atoms with Gasteiger partial charge in [0.05, 0.1) is 0 Å². The van der Waals surface area contributed by atoms with Crippen LogP contribution in [0, 0.1) is 0 Å². The monoisotopic (exact) mass is 444 g/mol. The van der Waals surface area contributed by atoms with Gasteiger partial charge in [-0.2, -0.15) is 0 Å². The molecule has 35 heavy (non-hydrogen) atoms. The third kappa shape index (κ3) is 2.31. The van der Waals surface area contributed by atoms with Gasteiger partial charge in [0.2, 0.25) is 0 Å². The van der Waals surface area contributed by atoms with Crippen LogP contribution in [0.1, 0.15) is 23.3 Å². The lowest BCUT2D eigenvalue weighted by atomic mass is 9.88. The molecule has 9 rings (SSSR count). The van der Waals surface area contributed by atoms with Crippen molar-refractivity contribution in [1.29, 1.82) is 0 Å². The zero-order valence-electron chi connectivity index (χ0n) is 19.0. The quantitative estimate of drug-likeness (QED) is 0.191. The number of ether oxygens (including phenoxy) is 1. The highest BCUT2D eigenvalue weighted by atomic mass is 16.6. The minimum absolute atomic E-state index is 0.0815. The topological polar surface area (TPSA) is 12.5 Å². The van der Waals surface area contributed by atoms with Gasteiger partial charge in [0.1, 0.15) is 12.2 Å². The fraction of sp³-hybridized carbons (Fsp3) is 0.0588. The summed E-state index contributed by atoms with van der Waals surface area (Å²) in [5.41, 5.74) is 2.60. The molecule has 1 nitrogen and oxygen atoms in total. The van der Waals surface area contributed by atoms with Gasteiger partial charge in [0.25, 0.3) is 0 Å². The molecule has 0 spiro atoms. The lowest BCUT2D eigenvalue weighted by molar-refractivity contribution is 0.379. The number of rotatable bonds is 2. The Bertz CT molecular complexity index is 1920. The van der Waals surface area contributed by atoms with E-state index >= 15 is 0 Å². The molecule has 0 amide bonds. The smallest absolute Gasteiger partial charge is 0.114 e. The average molecular weight is 445 g/mol. The van der Waals surface area contributed by atoms with Crippen molar-refractivity contribution in [3.8, 4) is 0 Å². The molecule has 2 atom stereocenters. The molecule has 1 saturated heterocycles. The van der Waals surface area contributed by atoms with Gasteiger partial charge in [-0.3, -0.25) is 0 Å². The van der Waals surface area contributed by atoms with E-state index in [0.29, 0.717) is 0 Å². The zero-order valence-corrected chi connectivity index (χ0v) is 19.0. The maximum absolute atomic E-state index is 6.47. The van der Waals surface area contributed by atoms with Crippen LogP contribution in [0.15, 0.2) is 109 Å². The Morgan fingerprint density at radius 1 is 0.343 bits per heavy atom. The van der Waals surface area contributed by atoms with E-state index in [1.54, 1.807) is 0 Å². The fourth-order valence-electron chi connectivity index (χ4n) is 6.60. The van der Waals surface area contributed by atoms with Crippen LogP contribution in [0.3, 0.4) is 0 Å². The first-order valence-corrected chi connectivity index (χ1v) is 12.3. The Morgan fingerprint density at radius 3 is 1.11 bits per heavy atom. The second-order valence-electron chi connectivity index (χ2n) is 10.00. The molecule has 162 valence electrons. The first kappa shape index (κ1) is 18.2. The first-order valence-electron chi connectivity index (χ1n) is 12.3. The molecular formula is C34H20O. The summed E-state index contributed by atoms with van der Waals surface area (Å²) >= 11 is 0. The molecule has 0 bridgehead atoms.